The third kappa shape index (κ3) is 14.2. The van der Waals surface area contributed by atoms with Gasteiger partial charge in [0.05, 0.1) is 22.3 Å². The molecular weight excluding hydrogens is 1340 g/mol. The second kappa shape index (κ2) is 30.6. The Morgan fingerprint density at radius 2 is 0.560 bits per heavy atom. The van der Waals surface area contributed by atoms with Crippen LogP contribution in [0.25, 0.3) is 155 Å². The van der Waals surface area contributed by atoms with Crippen LogP contribution >= 0.6 is 0 Å². The van der Waals surface area contributed by atoms with Crippen LogP contribution in [-0.2, 0) is 35.2 Å². The molecule has 10 aromatic carbocycles. The van der Waals surface area contributed by atoms with E-state index in [-0.39, 0.29) is 0 Å². The summed E-state index contributed by atoms with van der Waals surface area (Å²) in [7, 11) is 10.4. The number of para-hydroxylation sites is 4. The summed E-state index contributed by atoms with van der Waals surface area (Å²) in [6.07, 6.45) is 10.5. The van der Waals surface area contributed by atoms with Gasteiger partial charge in [-0.15, -0.1) is 0 Å². The van der Waals surface area contributed by atoms with Crippen LogP contribution in [0.5, 0.6) is 0 Å². The lowest BCUT2D eigenvalue weighted by molar-refractivity contribution is -0.660. The van der Waals surface area contributed by atoms with E-state index in [1.807, 2.05) is 54.6 Å². The Bertz CT molecular complexity index is 6460. The van der Waals surface area contributed by atoms with Crippen molar-refractivity contribution in [1.29, 1.82) is 0 Å². The molecule has 0 saturated carbocycles. The van der Waals surface area contributed by atoms with E-state index in [9.17, 15) is 0 Å². The smallest absolute Gasteiger partial charge is 0.216 e. The third-order valence-corrected chi connectivity index (χ3v) is 21.2. The van der Waals surface area contributed by atoms with Crippen molar-refractivity contribution in [3.05, 3.63) is 342 Å². The molecule has 0 N–H and O–H groups in total. The highest BCUT2D eigenvalue weighted by Gasteiger charge is 2.26. The molecule has 0 atom stereocenters. The molecule has 9 heterocycles. The minimum Gasteiger partial charge on any atom is -0.455 e. The summed E-state index contributed by atoms with van der Waals surface area (Å²) in [5.74, 6) is 0.500. The van der Waals surface area contributed by atoms with Crippen LogP contribution in [0.3, 0.4) is 0 Å². The molecule has 0 bridgehead atoms. The summed E-state index contributed by atoms with van der Waals surface area (Å²) >= 11 is 0. The molecule has 0 aliphatic rings. The Kier molecular flexibility index (Phi) is 20.1. The molecule has 0 amide bonds. The number of fused-ring (bicyclic) bond motifs is 12. The maximum absolute atomic E-state index is 6.26. The summed E-state index contributed by atoms with van der Waals surface area (Å²) in [6, 6.07) is 93.2. The van der Waals surface area contributed by atoms with Gasteiger partial charge < -0.3 is 17.7 Å². The first-order valence-electron chi connectivity index (χ1n) is 37.5. The van der Waals surface area contributed by atoms with E-state index in [0.29, 0.717) is 5.92 Å². The van der Waals surface area contributed by atoms with Gasteiger partial charge in [-0.05, 0) is 152 Å². The predicted molar refractivity (Wildman–Crippen MR) is 447 cm³/mol. The van der Waals surface area contributed by atoms with Gasteiger partial charge in [0, 0.05) is 109 Å². The molecule has 19 rings (SSSR count). The van der Waals surface area contributed by atoms with Crippen molar-refractivity contribution in [3.63, 3.8) is 0 Å². The number of hydrogen-bond acceptors (Lipinski definition) is 4. The van der Waals surface area contributed by atoms with Gasteiger partial charge in [0.15, 0.2) is 31.0 Å². The standard InChI is InChI=1S/C22H22NO.2C20H18NO.C19H16NO.C19H18N/c1-14(2)16-11-12-23(4)19(13-16)21-15(3)9-10-18-17-7-5-6-8-20(17)24-22(18)21;2*1-13-10-11-21(3)17(12-13)19-14(2)8-9-16-15-6-4-5-7-18(15)22-20(16)19;1-13-10-11-15-14-7-3-4-9-17(14)21-19(15)18(13)16-8-5-6-12-20(16)2;1-15-11-12-17(16-8-4-3-5-9-16)14-18(15)19-10-6-7-13-20(19)2/h5-14H,1-4H3;2*4-12H,1-3H3;3-12H,1-2H3;3-14H,1-2H3/q5*+1. The summed E-state index contributed by atoms with van der Waals surface area (Å²) in [5.41, 5.74) is 32.2. The Morgan fingerprint density at radius 1 is 0.239 bits per heavy atom. The van der Waals surface area contributed by atoms with Crippen LogP contribution in [-0.4, -0.2) is 0 Å². The zero-order valence-electron chi connectivity index (χ0n) is 64.7. The largest absolute Gasteiger partial charge is 0.455 e. The van der Waals surface area contributed by atoms with Gasteiger partial charge in [-0.2, -0.15) is 0 Å². The molecule has 9 nitrogen and oxygen atoms in total. The third-order valence-electron chi connectivity index (χ3n) is 21.2. The highest BCUT2D eigenvalue weighted by molar-refractivity contribution is 6.13. The molecular formula is C100H92N5O4+5. The quantitative estimate of drug-likeness (QED) is 0.149. The number of rotatable bonds is 7. The first kappa shape index (κ1) is 71.7. The van der Waals surface area contributed by atoms with Gasteiger partial charge in [-0.3, -0.25) is 0 Å². The maximum atomic E-state index is 6.26. The number of nitrogens with zero attached hydrogens (tertiary/aromatic N) is 5. The van der Waals surface area contributed by atoms with Crippen molar-refractivity contribution in [3.8, 4) is 67.4 Å². The molecule has 0 radical (unpaired) electrons. The molecule has 19 aromatic rings. The second-order valence-electron chi connectivity index (χ2n) is 29.2. The summed E-state index contributed by atoms with van der Waals surface area (Å²) < 4.78 is 35.6. The summed E-state index contributed by atoms with van der Waals surface area (Å²) in [6.45, 7) is 19.4. The number of hydrogen-bond donors (Lipinski definition) is 0. The van der Waals surface area contributed by atoms with Crippen molar-refractivity contribution in [1.82, 2.24) is 0 Å². The van der Waals surface area contributed by atoms with E-state index in [4.69, 9.17) is 17.7 Å². The first-order valence-corrected chi connectivity index (χ1v) is 37.5. The van der Waals surface area contributed by atoms with Gasteiger partial charge in [0.1, 0.15) is 79.9 Å². The normalized spacial score (nSPS) is 11.3. The van der Waals surface area contributed by atoms with Gasteiger partial charge in [-0.1, -0.05) is 178 Å². The molecule has 0 saturated heterocycles. The highest BCUT2D eigenvalue weighted by atomic mass is 16.3. The van der Waals surface area contributed by atoms with Crippen molar-refractivity contribution in [2.45, 2.75) is 68.2 Å². The van der Waals surface area contributed by atoms with E-state index < -0.39 is 0 Å². The fraction of sp³-hybridized carbons (Fsp3) is 0.150. The van der Waals surface area contributed by atoms with E-state index in [0.717, 1.165) is 44.7 Å². The predicted octanol–water partition coefficient (Wildman–Crippen LogP) is 23.4. The zero-order valence-corrected chi connectivity index (χ0v) is 64.7. The molecule has 0 fully saturated rings. The van der Waals surface area contributed by atoms with Gasteiger partial charge >= 0.3 is 0 Å². The fourth-order valence-electron chi connectivity index (χ4n) is 15.2. The number of aryl methyl sites for hydroxylation is 12. The first-order chi connectivity index (χ1) is 52.9. The Hall–Kier alpha value is -12.9. The maximum Gasteiger partial charge on any atom is 0.216 e. The van der Waals surface area contributed by atoms with Crippen LogP contribution in [0.4, 0.5) is 0 Å². The van der Waals surface area contributed by atoms with Crippen LogP contribution < -0.4 is 22.8 Å². The number of pyridine rings is 5. The average molecular weight is 1430 g/mol. The number of aromatic nitrogens is 5. The Labute approximate surface area is 637 Å². The van der Waals surface area contributed by atoms with Crippen molar-refractivity contribution >= 4 is 87.8 Å². The van der Waals surface area contributed by atoms with Crippen molar-refractivity contribution in [2.75, 3.05) is 0 Å². The minimum atomic E-state index is 0.500. The lowest BCUT2D eigenvalue weighted by atomic mass is 9.97. The lowest BCUT2D eigenvalue weighted by Crippen LogP contribution is -2.31. The zero-order chi connectivity index (χ0) is 75.7. The van der Waals surface area contributed by atoms with E-state index in [1.54, 1.807) is 0 Å². The number of furan rings is 4. The minimum absolute atomic E-state index is 0.500. The van der Waals surface area contributed by atoms with Crippen molar-refractivity contribution < 1.29 is 40.5 Å². The molecule has 0 spiro atoms. The topological polar surface area (TPSA) is 72.0 Å². The lowest BCUT2D eigenvalue weighted by Gasteiger charge is -2.09. The van der Waals surface area contributed by atoms with Crippen LogP contribution in [0.2, 0.25) is 0 Å². The monoisotopic (exact) mass is 1430 g/mol. The van der Waals surface area contributed by atoms with Crippen LogP contribution in [0.15, 0.2) is 316 Å². The molecule has 536 valence electrons. The average Bonchev–Trinajstić information content (AvgIpc) is 1.60. The van der Waals surface area contributed by atoms with Crippen LogP contribution in [0, 0.1) is 48.5 Å². The summed E-state index contributed by atoms with van der Waals surface area (Å²) in [4.78, 5) is 0. The summed E-state index contributed by atoms with van der Waals surface area (Å²) in [5, 5.41) is 9.42. The molecule has 0 aliphatic carbocycles. The molecule has 9 aromatic heterocycles. The fourth-order valence-corrected chi connectivity index (χ4v) is 15.2. The Morgan fingerprint density at radius 3 is 0.945 bits per heavy atom. The highest BCUT2D eigenvalue weighted by Crippen LogP contribution is 2.42. The second-order valence-corrected chi connectivity index (χ2v) is 29.2. The molecule has 0 aliphatic heterocycles. The number of benzene rings is 10. The molecule has 109 heavy (non-hydrogen) atoms. The SMILES string of the molecule is Cc1cc[n+](C)c(-c2c(C)ccc3c2oc2ccccc23)c1.Cc1cc[n+](C)c(-c2c(C)ccc3c2oc2ccccc23)c1.Cc1ccc(-c2ccccc2)cc1-c1cccc[n+]1C.Cc1ccc2c(oc3ccccc32)c1-c1cc(C(C)C)cc[n+]1C.Cc1ccc2c(oc3ccccc32)c1-c1cccc[n+]1C. The van der Waals surface area contributed by atoms with E-state index >= 15 is 0 Å². The van der Waals surface area contributed by atoms with Gasteiger partial charge in [-0.25, -0.2) is 22.8 Å². The Balaban J connectivity index is 0.000000109. The van der Waals surface area contributed by atoms with E-state index in [2.05, 4.69) is 364 Å². The van der Waals surface area contributed by atoms with Crippen LogP contribution in [0.1, 0.15) is 64.3 Å². The van der Waals surface area contributed by atoms with E-state index in [1.165, 1.54) is 155 Å². The molecule has 0 unspecified atom stereocenters. The van der Waals surface area contributed by atoms with Gasteiger partial charge in [0.25, 0.3) is 0 Å². The van der Waals surface area contributed by atoms with Crippen molar-refractivity contribution in [2.24, 2.45) is 35.2 Å². The molecule has 9 heteroatoms. The van der Waals surface area contributed by atoms with Gasteiger partial charge in [0.2, 0.25) is 28.5 Å².